The molecule has 0 fully saturated rings. The van der Waals surface area contributed by atoms with E-state index in [4.69, 9.17) is 5.73 Å². The summed E-state index contributed by atoms with van der Waals surface area (Å²) in [5.74, 6) is -0.819. The highest BCUT2D eigenvalue weighted by atomic mass is 19.4. The van der Waals surface area contributed by atoms with Crippen molar-refractivity contribution < 1.29 is 22.8 Å². The fraction of sp³-hybridized carbons (Fsp3) is 0.190. The van der Waals surface area contributed by atoms with E-state index in [1.165, 1.54) is 18.3 Å². The lowest BCUT2D eigenvalue weighted by Gasteiger charge is -2.10. The number of aryl methyl sites for hydroxylation is 1. The van der Waals surface area contributed by atoms with Crippen LogP contribution in [0.1, 0.15) is 34.3 Å². The van der Waals surface area contributed by atoms with Crippen molar-refractivity contribution in [3.8, 4) is 0 Å². The SMILES string of the molecule is NC(=O)c1ccccc1CCCC(=O)Nc1cnc2ccc(C(F)(F)F)cc2c1. The molecule has 0 saturated carbocycles. The summed E-state index contributed by atoms with van der Waals surface area (Å²) in [6.07, 6.45) is -1.90. The highest BCUT2D eigenvalue weighted by Gasteiger charge is 2.30. The zero-order chi connectivity index (χ0) is 21.0. The summed E-state index contributed by atoms with van der Waals surface area (Å²) in [5.41, 5.74) is 6.47. The Kier molecular flexibility index (Phi) is 5.81. The molecule has 0 saturated heterocycles. The maximum atomic E-state index is 12.9. The van der Waals surface area contributed by atoms with E-state index in [1.807, 2.05) is 0 Å². The van der Waals surface area contributed by atoms with Gasteiger partial charge in [-0.3, -0.25) is 14.6 Å². The molecule has 3 aromatic rings. The van der Waals surface area contributed by atoms with Crippen molar-refractivity contribution in [1.29, 1.82) is 0 Å². The van der Waals surface area contributed by atoms with Gasteiger partial charge >= 0.3 is 6.18 Å². The monoisotopic (exact) mass is 401 g/mol. The van der Waals surface area contributed by atoms with Crippen LogP contribution in [-0.4, -0.2) is 16.8 Å². The molecule has 5 nitrogen and oxygen atoms in total. The van der Waals surface area contributed by atoms with Crippen molar-refractivity contribution in [2.45, 2.75) is 25.4 Å². The number of carbonyl (C=O) groups excluding carboxylic acids is 2. The Morgan fingerprint density at radius 1 is 1.07 bits per heavy atom. The normalized spacial score (nSPS) is 11.4. The van der Waals surface area contributed by atoms with Crippen LogP contribution in [0.5, 0.6) is 0 Å². The second-order valence-electron chi connectivity index (χ2n) is 6.55. The molecule has 2 amide bonds. The Balaban J connectivity index is 1.63. The Morgan fingerprint density at radius 2 is 1.83 bits per heavy atom. The van der Waals surface area contributed by atoms with Crippen LogP contribution < -0.4 is 11.1 Å². The highest BCUT2D eigenvalue weighted by molar-refractivity contribution is 5.94. The minimum absolute atomic E-state index is 0.174. The Labute approximate surface area is 164 Å². The molecule has 3 rings (SSSR count). The number of rotatable bonds is 6. The van der Waals surface area contributed by atoms with Crippen LogP contribution >= 0.6 is 0 Å². The molecule has 0 unspecified atom stereocenters. The molecule has 0 atom stereocenters. The van der Waals surface area contributed by atoms with Gasteiger partial charge in [0.15, 0.2) is 0 Å². The molecule has 0 spiro atoms. The maximum Gasteiger partial charge on any atom is 0.416 e. The van der Waals surface area contributed by atoms with Gasteiger partial charge in [-0.25, -0.2) is 0 Å². The molecular formula is C21H18F3N3O2. The average Bonchev–Trinajstić information content (AvgIpc) is 2.67. The van der Waals surface area contributed by atoms with Crippen molar-refractivity contribution >= 4 is 28.4 Å². The molecule has 29 heavy (non-hydrogen) atoms. The Morgan fingerprint density at radius 3 is 2.55 bits per heavy atom. The van der Waals surface area contributed by atoms with Crippen LogP contribution in [0.3, 0.4) is 0 Å². The number of anilines is 1. The number of amides is 2. The van der Waals surface area contributed by atoms with Crippen molar-refractivity contribution in [3.05, 3.63) is 71.4 Å². The molecule has 0 aliphatic heterocycles. The quantitative estimate of drug-likeness (QED) is 0.645. The van der Waals surface area contributed by atoms with Gasteiger partial charge in [0.2, 0.25) is 11.8 Å². The third-order valence-electron chi connectivity index (χ3n) is 4.43. The molecule has 2 aromatic carbocycles. The van der Waals surface area contributed by atoms with Gasteiger partial charge in [-0.05, 0) is 48.7 Å². The van der Waals surface area contributed by atoms with Crippen LogP contribution in [0.2, 0.25) is 0 Å². The third-order valence-corrected chi connectivity index (χ3v) is 4.43. The van der Waals surface area contributed by atoms with E-state index in [1.54, 1.807) is 24.3 Å². The molecule has 0 aliphatic rings. The first-order valence-corrected chi connectivity index (χ1v) is 8.88. The van der Waals surface area contributed by atoms with Gasteiger partial charge < -0.3 is 11.1 Å². The van der Waals surface area contributed by atoms with Gasteiger partial charge in [0.1, 0.15) is 0 Å². The number of alkyl halides is 3. The van der Waals surface area contributed by atoms with Gasteiger partial charge in [0, 0.05) is 17.4 Å². The number of primary amides is 1. The summed E-state index contributed by atoms with van der Waals surface area (Å²) in [7, 11) is 0. The number of nitrogens with zero attached hydrogens (tertiary/aromatic N) is 1. The van der Waals surface area contributed by atoms with E-state index in [0.717, 1.165) is 17.7 Å². The van der Waals surface area contributed by atoms with Gasteiger partial charge in [-0.1, -0.05) is 18.2 Å². The van der Waals surface area contributed by atoms with Crippen molar-refractivity contribution in [2.75, 3.05) is 5.32 Å². The number of halogens is 3. The molecule has 8 heteroatoms. The van der Waals surface area contributed by atoms with Crippen LogP contribution in [0.4, 0.5) is 18.9 Å². The maximum absolute atomic E-state index is 12.9. The van der Waals surface area contributed by atoms with Gasteiger partial charge in [0.25, 0.3) is 0 Å². The van der Waals surface area contributed by atoms with Crippen LogP contribution in [0.25, 0.3) is 10.9 Å². The molecule has 0 radical (unpaired) electrons. The summed E-state index contributed by atoms with van der Waals surface area (Å²) in [4.78, 5) is 27.7. The first-order valence-electron chi connectivity index (χ1n) is 8.88. The number of hydrogen-bond acceptors (Lipinski definition) is 3. The number of carbonyl (C=O) groups is 2. The minimum atomic E-state index is -4.45. The highest BCUT2D eigenvalue weighted by Crippen LogP contribution is 2.31. The molecule has 1 heterocycles. The van der Waals surface area contributed by atoms with E-state index in [2.05, 4.69) is 10.3 Å². The largest absolute Gasteiger partial charge is 0.416 e. The molecular weight excluding hydrogens is 383 g/mol. The lowest BCUT2D eigenvalue weighted by molar-refractivity contribution is -0.137. The Hall–Kier alpha value is -3.42. The molecule has 0 bridgehead atoms. The number of pyridine rings is 1. The first-order chi connectivity index (χ1) is 13.7. The lowest BCUT2D eigenvalue weighted by atomic mass is 10.0. The molecule has 1 aromatic heterocycles. The van der Waals surface area contributed by atoms with Gasteiger partial charge in [-0.15, -0.1) is 0 Å². The predicted octanol–water partition coefficient (Wildman–Crippen LogP) is 4.31. The van der Waals surface area contributed by atoms with E-state index in [9.17, 15) is 22.8 Å². The molecule has 3 N–H and O–H groups in total. The number of hydrogen-bond donors (Lipinski definition) is 2. The summed E-state index contributed by atoms with van der Waals surface area (Å²) in [6, 6.07) is 11.6. The fourth-order valence-corrected chi connectivity index (χ4v) is 3.02. The molecule has 150 valence electrons. The topological polar surface area (TPSA) is 85.1 Å². The average molecular weight is 401 g/mol. The van der Waals surface area contributed by atoms with E-state index in [0.29, 0.717) is 29.6 Å². The smallest absolute Gasteiger partial charge is 0.366 e. The van der Waals surface area contributed by atoms with E-state index < -0.39 is 17.6 Å². The summed E-state index contributed by atoms with van der Waals surface area (Å²) < 4.78 is 38.6. The summed E-state index contributed by atoms with van der Waals surface area (Å²) in [5, 5.41) is 2.93. The predicted molar refractivity (Wildman–Crippen MR) is 103 cm³/mol. The van der Waals surface area contributed by atoms with Gasteiger partial charge in [-0.2, -0.15) is 13.2 Å². The zero-order valence-electron chi connectivity index (χ0n) is 15.3. The second kappa shape index (κ2) is 8.30. The van der Waals surface area contributed by atoms with Crippen LogP contribution in [0.15, 0.2) is 54.7 Å². The lowest BCUT2D eigenvalue weighted by Crippen LogP contribution is -2.15. The number of fused-ring (bicyclic) bond motifs is 1. The van der Waals surface area contributed by atoms with E-state index >= 15 is 0 Å². The van der Waals surface area contributed by atoms with Crippen LogP contribution in [-0.2, 0) is 17.4 Å². The number of nitrogens with two attached hydrogens (primary N) is 1. The number of benzene rings is 2. The minimum Gasteiger partial charge on any atom is -0.366 e. The second-order valence-corrected chi connectivity index (χ2v) is 6.55. The van der Waals surface area contributed by atoms with Crippen molar-refractivity contribution in [3.63, 3.8) is 0 Å². The zero-order valence-corrected chi connectivity index (χ0v) is 15.3. The molecule has 0 aliphatic carbocycles. The number of nitrogens with one attached hydrogen (secondary N) is 1. The van der Waals surface area contributed by atoms with Crippen LogP contribution in [0, 0.1) is 0 Å². The fourth-order valence-electron chi connectivity index (χ4n) is 3.02. The van der Waals surface area contributed by atoms with E-state index in [-0.39, 0.29) is 17.7 Å². The Bertz CT molecular complexity index is 1060. The standard InChI is InChI=1S/C21H18F3N3O2/c22-21(23,24)15-8-9-18-14(10-15)11-16(12-26-18)27-19(28)7-3-5-13-4-1-2-6-17(13)20(25)29/h1-2,4,6,8-12H,3,5,7H2,(H2,25,29)(H,27,28). The number of aromatic nitrogens is 1. The van der Waals surface area contributed by atoms with Crippen molar-refractivity contribution in [1.82, 2.24) is 4.98 Å². The van der Waals surface area contributed by atoms with Crippen molar-refractivity contribution in [2.24, 2.45) is 5.73 Å². The third kappa shape index (κ3) is 5.10. The summed E-state index contributed by atoms with van der Waals surface area (Å²) >= 11 is 0. The first kappa shape index (κ1) is 20.3. The van der Waals surface area contributed by atoms with Gasteiger partial charge in [0.05, 0.1) is 23.0 Å². The summed E-state index contributed by atoms with van der Waals surface area (Å²) in [6.45, 7) is 0.